The summed E-state index contributed by atoms with van der Waals surface area (Å²) in [6, 6.07) is 1.93. The molecule has 0 bridgehead atoms. The van der Waals surface area contributed by atoms with Crippen LogP contribution in [0.2, 0.25) is 0 Å². The predicted molar refractivity (Wildman–Crippen MR) is 56.6 cm³/mol. The minimum atomic E-state index is -0.701. The van der Waals surface area contributed by atoms with Gasteiger partial charge in [0.05, 0.1) is 5.92 Å². The highest BCUT2D eigenvalue weighted by Crippen LogP contribution is 2.64. The third kappa shape index (κ3) is 1.42. The molecule has 3 heteroatoms. The molecule has 1 aromatic heterocycles. The van der Waals surface area contributed by atoms with Crippen LogP contribution >= 0.6 is 0 Å². The first kappa shape index (κ1) is 10.1. The standard InChI is InChI=1S/C12H15NO2/c1-7-4-5-13-6-8(7)9-10(11(14)15)12(9,2)3/h4-6,9-10H,1-3H3,(H,14,15)/t9-,10+/m0/s1. The molecule has 0 aliphatic heterocycles. The lowest BCUT2D eigenvalue weighted by Gasteiger charge is -2.05. The van der Waals surface area contributed by atoms with Crippen LogP contribution in [0.4, 0.5) is 0 Å². The summed E-state index contributed by atoms with van der Waals surface area (Å²) in [5, 5.41) is 9.09. The SMILES string of the molecule is Cc1ccncc1[C@H]1[C@H](C(=O)O)C1(C)C. The van der Waals surface area contributed by atoms with Crippen molar-refractivity contribution in [3.05, 3.63) is 29.6 Å². The molecule has 0 radical (unpaired) electrons. The Bertz CT molecular complexity index is 412. The van der Waals surface area contributed by atoms with Crippen molar-refractivity contribution in [3.63, 3.8) is 0 Å². The molecule has 1 N–H and O–H groups in total. The molecule has 0 spiro atoms. The first-order valence-corrected chi connectivity index (χ1v) is 5.09. The second-order valence-corrected chi connectivity index (χ2v) is 4.85. The lowest BCUT2D eigenvalue weighted by atomic mass is 10.0. The Balaban J connectivity index is 2.36. The van der Waals surface area contributed by atoms with E-state index in [1.807, 2.05) is 26.8 Å². The Labute approximate surface area is 89.2 Å². The van der Waals surface area contributed by atoms with Gasteiger partial charge in [-0.15, -0.1) is 0 Å². The van der Waals surface area contributed by atoms with E-state index < -0.39 is 5.97 Å². The van der Waals surface area contributed by atoms with E-state index in [4.69, 9.17) is 5.11 Å². The highest BCUT2D eigenvalue weighted by Gasteiger charge is 2.63. The topological polar surface area (TPSA) is 50.2 Å². The molecule has 1 aliphatic rings. The van der Waals surface area contributed by atoms with Gasteiger partial charge in [-0.25, -0.2) is 0 Å². The molecule has 0 amide bonds. The van der Waals surface area contributed by atoms with E-state index in [2.05, 4.69) is 4.98 Å². The molecule has 0 saturated heterocycles. The number of nitrogens with zero attached hydrogens (tertiary/aromatic N) is 1. The summed E-state index contributed by atoms with van der Waals surface area (Å²) in [5.74, 6) is -0.850. The van der Waals surface area contributed by atoms with Gasteiger partial charge in [-0.1, -0.05) is 13.8 Å². The Morgan fingerprint density at radius 3 is 2.67 bits per heavy atom. The van der Waals surface area contributed by atoms with Crippen LogP contribution in [0.15, 0.2) is 18.5 Å². The highest BCUT2D eigenvalue weighted by atomic mass is 16.4. The van der Waals surface area contributed by atoms with Gasteiger partial charge in [0, 0.05) is 18.3 Å². The first-order valence-electron chi connectivity index (χ1n) is 5.09. The maximum atomic E-state index is 11.1. The van der Waals surface area contributed by atoms with Gasteiger partial charge >= 0.3 is 5.97 Å². The van der Waals surface area contributed by atoms with Gasteiger partial charge in [0.1, 0.15) is 0 Å². The number of carbonyl (C=O) groups is 1. The van der Waals surface area contributed by atoms with Crippen molar-refractivity contribution < 1.29 is 9.90 Å². The molecule has 15 heavy (non-hydrogen) atoms. The molecule has 0 unspecified atom stereocenters. The molecule has 2 atom stereocenters. The summed E-state index contributed by atoms with van der Waals surface area (Å²) in [4.78, 5) is 15.1. The second kappa shape index (κ2) is 3.05. The van der Waals surface area contributed by atoms with Crippen LogP contribution in [0, 0.1) is 18.3 Å². The number of aryl methyl sites for hydroxylation is 1. The Kier molecular flexibility index (Phi) is 2.07. The van der Waals surface area contributed by atoms with Crippen LogP contribution in [-0.2, 0) is 4.79 Å². The average molecular weight is 205 g/mol. The van der Waals surface area contributed by atoms with E-state index in [-0.39, 0.29) is 17.3 Å². The van der Waals surface area contributed by atoms with Crippen LogP contribution in [0.1, 0.15) is 30.9 Å². The first-order chi connectivity index (χ1) is 6.96. The van der Waals surface area contributed by atoms with Crippen molar-refractivity contribution in [2.75, 3.05) is 0 Å². The number of carboxylic acid groups (broad SMARTS) is 1. The smallest absolute Gasteiger partial charge is 0.307 e. The Morgan fingerprint density at radius 2 is 2.20 bits per heavy atom. The summed E-state index contributed by atoms with van der Waals surface area (Å²) in [6.07, 6.45) is 3.54. The van der Waals surface area contributed by atoms with Gasteiger partial charge < -0.3 is 5.11 Å². The third-order valence-corrected chi connectivity index (χ3v) is 3.51. The minimum Gasteiger partial charge on any atom is -0.481 e. The summed E-state index contributed by atoms with van der Waals surface area (Å²) in [5.41, 5.74) is 2.07. The molecule has 1 aliphatic carbocycles. The van der Waals surface area contributed by atoms with Gasteiger partial charge in [0.25, 0.3) is 0 Å². The normalized spacial score (nSPS) is 27.4. The van der Waals surface area contributed by atoms with Crippen LogP contribution in [0.25, 0.3) is 0 Å². The maximum Gasteiger partial charge on any atom is 0.307 e. The largest absolute Gasteiger partial charge is 0.481 e. The van der Waals surface area contributed by atoms with E-state index in [1.165, 1.54) is 0 Å². The van der Waals surface area contributed by atoms with E-state index >= 15 is 0 Å². The molecule has 1 saturated carbocycles. The van der Waals surface area contributed by atoms with Gasteiger partial charge in [0.15, 0.2) is 0 Å². The second-order valence-electron chi connectivity index (χ2n) is 4.85. The van der Waals surface area contributed by atoms with Crippen molar-refractivity contribution in [2.24, 2.45) is 11.3 Å². The minimum absolute atomic E-state index is 0.115. The van der Waals surface area contributed by atoms with Crippen LogP contribution in [-0.4, -0.2) is 16.1 Å². The predicted octanol–water partition coefficient (Wildman–Crippen LogP) is 2.21. The molecule has 1 heterocycles. The number of hydrogen-bond acceptors (Lipinski definition) is 2. The number of hydrogen-bond donors (Lipinski definition) is 1. The van der Waals surface area contributed by atoms with Gasteiger partial charge in [-0.05, 0) is 29.5 Å². The number of rotatable bonds is 2. The molecule has 2 rings (SSSR count). The lowest BCUT2D eigenvalue weighted by Crippen LogP contribution is -2.03. The fourth-order valence-corrected chi connectivity index (χ4v) is 2.48. The number of pyridine rings is 1. The lowest BCUT2D eigenvalue weighted by molar-refractivity contribution is -0.139. The van der Waals surface area contributed by atoms with E-state index in [1.54, 1.807) is 12.4 Å². The van der Waals surface area contributed by atoms with Crippen molar-refractivity contribution in [3.8, 4) is 0 Å². The van der Waals surface area contributed by atoms with Gasteiger partial charge in [-0.3, -0.25) is 9.78 Å². The van der Waals surface area contributed by atoms with Crippen molar-refractivity contribution in [2.45, 2.75) is 26.7 Å². The zero-order chi connectivity index (χ0) is 11.2. The Morgan fingerprint density at radius 1 is 1.53 bits per heavy atom. The summed E-state index contributed by atoms with van der Waals surface area (Å²) in [7, 11) is 0. The van der Waals surface area contributed by atoms with E-state index in [9.17, 15) is 4.79 Å². The third-order valence-electron chi connectivity index (χ3n) is 3.51. The van der Waals surface area contributed by atoms with Crippen LogP contribution in [0.5, 0.6) is 0 Å². The maximum absolute atomic E-state index is 11.1. The summed E-state index contributed by atoms with van der Waals surface area (Å²) >= 11 is 0. The van der Waals surface area contributed by atoms with Crippen LogP contribution in [0.3, 0.4) is 0 Å². The van der Waals surface area contributed by atoms with Gasteiger partial charge in [-0.2, -0.15) is 0 Å². The monoisotopic (exact) mass is 205 g/mol. The molecule has 0 aromatic carbocycles. The zero-order valence-corrected chi connectivity index (χ0v) is 9.19. The van der Waals surface area contributed by atoms with Crippen molar-refractivity contribution >= 4 is 5.97 Å². The Hall–Kier alpha value is -1.38. The zero-order valence-electron chi connectivity index (χ0n) is 9.19. The molecule has 1 fully saturated rings. The number of carboxylic acids is 1. The summed E-state index contributed by atoms with van der Waals surface area (Å²) < 4.78 is 0. The molecular weight excluding hydrogens is 190 g/mol. The fourth-order valence-electron chi connectivity index (χ4n) is 2.48. The van der Waals surface area contributed by atoms with Crippen molar-refractivity contribution in [1.82, 2.24) is 4.98 Å². The molecule has 80 valence electrons. The van der Waals surface area contributed by atoms with Crippen molar-refractivity contribution in [1.29, 1.82) is 0 Å². The number of aromatic nitrogens is 1. The summed E-state index contributed by atoms with van der Waals surface area (Å²) in [6.45, 7) is 6.01. The van der Waals surface area contributed by atoms with Crippen LogP contribution < -0.4 is 0 Å². The molecule has 1 aromatic rings. The molecular formula is C12H15NO2. The quantitative estimate of drug-likeness (QED) is 0.805. The molecule has 3 nitrogen and oxygen atoms in total. The van der Waals surface area contributed by atoms with E-state index in [0.717, 1.165) is 11.1 Å². The van der Waals surface area contributed by atoms with E-state index in [0.29, 0.717) is 0 Å². The number of aliphatic carboxylic acids is 1. The fraction of sp³-hybridized carbons (Fsp3) is 0.500. The highest BCUT2D eigenvalue weighted by molar-refractivity contribution is 5.77. The average Bonchev–Trinajstić information content (AvgIpc) is 2.70. The van der Waals surface area contributed by atoms with Gasteiger partial charge in [0.2, 0.25) is 0 Å².